The number of carbonyl (C=O) groups is 2. The first-order chi connectivity index (χ1) is 12.9. The van der Waals surface area contributed by atoms with Crippen LogP contribution in [0.25, 0.3) is 0 Å². The molecular weight excluding hydrogens is 380 g/mol. The van der Waals surface area contributed by atoms with Crippen molar-refractivity contribution in [2.75, 3.05) is 33.7 Å². The number of hydrogen-bond donors (Lipinski definition) is 0. The molecule has 1 aromatic heterocycles. The molecule has 2 rings (SSSR count). The fourth-order valence-corrected chi connectivity index (χ4v) is 4.57. The lowest BCUT2D eigenvalue weighted by Gasteiger charge is -2.38. The van der Waals surface area contributed by atoms with Crippen LogP contribution in [0, 0.1) is 5.92 Å². The minimum Gasteiger partial charge on any atom is -0.300 e. The molecule has 0 saturated carbocycles. The summed E-state index contributed by atoms with van der Waals surface area (Å²) in [5.74, 6) is -1.38. The van der Waals surface area contributed by atoms with Crippen molar-refractivity contribution in [1.29, 1.82) is 0 Å². The first-order valence-electron chi connectivity index (χ1n) is 9.26. The Morgan fingerprint density at radius 2 is 1.81 bits per heavy atom. The largest absolute Gasteiger partial charge is 0.300 e. The summed E-state index contributed by atoms with van der Waals surface area (Å²) >= 11 is 7.02. The van der Waals surface area contributed by atoms with E-state index in [-0.39, 0.29) is 17.9 Å². The predicted octanol–water partition coefficient (Wildman–Crippen LogP) is 2.81. The molecule has 1 aliphatic heterocycles. The highest BCUT2D eigenvalue weighted by Crippen LogP contribution is 2.25. The van der Waals surface area contributed by atoms with Crippen molar-refractivity contribution in [3.63, 3.8) is 0 Å². The van der Waals surface area contributed by atoms with E-state index in [1.165, 1.54) is 14.7 Å². The van der Waals surface area contributed by atoms with Crippen molar-refractivity contribution < 1.29 is 9.59 Å². The van der Waals surface area contributed by atoms with E-state index in [4.69, 9.17) is 17.2 Å². The minimum atomic E-state index is -0.868. The monoisotopic (exact) mass is 408 g/mol. The zero-order chi connectivity index (χ0) is 20.1. The van der Waals surface area contributed by atoms with Gasteiger partial charge in [-0.2, -0.15) is 0 Å². The fourth-order valence-electron chi connectivity index (χ4n) is 3.22. The van der Waals surface area contributed by atoms with Gasteiger partial charge in [-0.3, -0.25) is 24.4 Å². The smallest absolute Gasteiger partial charge is 0.247 e. The Bertz CT molecular complexity index is 689. The molecule has 6 nitrogen and oxygen atoms in total. The second-order valence-corrected chi connectivity index (χ2v) is 7.91. The van der Waals surface area contributed by atoms with E-state index in [0.717, 1.165) is 0 Å². The summed E-state index contributed by atoms with van der Waals surface area (Å²) in [6.45, 7) is 7.08. The molecule has 0 aliphatic carbocycles. The lowest BCUT2D eigenvalue weighted by molar-refractivity contribution is -0.143. The molecule has 0 spiro atoms. The van der Waals surface area contributed by atoms with Crippen LogP contribution in [0.5, 0.6) is 0 Å². The molecule has 0 radical (unpaired) electrons. The maximum absolute atomic E-state index is 12.9. The van der Waals surface area contributed by atoms with Crippen molar-refractivity contribution in [2.24, 2.45) is 10.9 Å². The van der Waals surface area contributed by atoms with Gasteiger partial charge < -0.3 is 4.90 Å². The molecular formula is C19H28N4O2S2. The summed E-state index contributed by atoms with van der Waals surface area (Å²) in [5, 5.41) is 2.34. The van der Waals surface area contributed by atoms with Gasteiger partial charge in [-0.25, -0.2) is 0 Å². The highest BCUT2D eigenvalue weighted by molar-refractivity contribution is 7.80. The molecule has 1 atom stereocenters. The number of likely N-dealkylation sites (N-methyl/N-ethyl adjacent to an activating group) is 1. The van der Waals surface area contributed by atoms with E-state index in [9.17, 15) is 9.59 Å². The molecule has 0 aromatic carbocycles. The third-order valence-electron chi connectivity index (χ3n) is 4.78. The predicted molar refractivity (Wildman–Crippen MR) is 114 cm³/mol. The molecule has 0 bridgehead atoms. The van der Waals surface area contributed by atoms with E-state index < -0.39 is 5.92 Å². The molecule has 8 heteroatoms. The second-order valence-electron chi connectivity index (χ2n) is 6.56. The van der Waals surface area contributed by atoms with Crippen molar-refractivity contribution in [3.8, 4) is 0 Å². The number of nitrogens with zero attached hydrogens (tertiary/aromatic N) is 4. The first-order valence-corrected chi connectivity index (χ1v) is 10.6. The van der Waals surface area contributed by atoms with Gasteiger partial charge in [-0.1, -0.05) is 13.0 Å². The van der Waals surface area contributed by atoms with Crippen LogP contribution in [-0.2, 0) is 9.59 Å². The molecule has 1 fully saturated rings. The van der Waals surface area contributed by atoms with Gasteiger partial charge in [0.1, 0.15) is 0 Å². The van der Waals surface area contributed by atoms with Gasteiger partial charge in [0, 0.05) is 23.7 Å². The first kappa shape index (κ1) is 21.7. The third kappa shape index (κ3) is 4.44. The Morgan fingerprint density at radius 1 is 1.22 bits per heavy atom. The number of carbonyl (C=O) groups excluding carboxylic acids is 2. The number of aliphatic imine (C=N–C) groups is 1. The molecule has 1 saturated heterocycles. The number of amides is 2. The van der Waals surface area contributed by atoms with Gasteiger partial charge in [-0.15, -0.1) is 11.3 Å². The van der Waals surface area contributed by atoms with Gasteiger partial charge >= 0.3 is 0 Å². The topological polar surface area (TPSA) is 56.2 Å². The van der Waals surface area contributed by atoms with Crippen LogP contribution in [0.1, 0.15) is 38.1 Å². The van der Waals surface area contributed by atoms with Crippen LogP contribution >= 0.6 is 23.6 Å². The van der Waals surface area contributed by atoms with Crippen LogP contribution in [0.2, 0.25) is 0 Å². The lowest BCUT2D eigenvalue weighted by atomic mass is 9.95. The van der Waals surface area contributed by atoms with Gasteiger partial charge in [0.15, 0.2) is 11.0 Å². The SMILES string of the molecule is CCC(=NC[C@H](c1cccs1)N(C)C)C1C(=O)N(CC)C(=S)N(CC)C1=O. The van der Waals surface area contributed by atoms with Gasteiger partial charge in [0.05, 0.1) is 12.6 Å². The minimum absolute atomic E-state index is 0.117. The average molecular weight is 409 g/mol. The van der Waals surface area contributed by atoms with Crippen molar-refractivity contribution in [1.82, 2.24) is 14.7 Å². The van der Waals surface area contributed by atoms with Crippen LogP contribution in [-0.4, -0.2) is 71.1 Å². The van der Waals surface area contributed by atoms with Crippen LogP contribution in [0.15, 0.2) is 22.5 Å². The van der Waals surface area contributed by atoms with Gasteiger partial charge in [0.2, 0.25) is 11.8 Å². The number of hydrogen-bond acceptors (Lipinski definition) is 6. The summed E-state index contributed by atoms with van der Waals surface area (Å²) < 4.78 is 0. The molecule has 27 heavy (non-hydrogen) atoms. The highest BCUT2D eigenvalue weighted by Gasteiger charge is 2.44. The molecule has 0 N–H and O–H groups in total. The van der Waals surface area contributed by atoms with E-state index in [2.05, 4.69) is 11.0 Å². The number of thiocarbonyl (C=S) groups is 1. The summed E-state index contributed by atoms with van der Waals surface area (Å²) in [4.78, 5) is 37.0. The summed E-state index contributed by atoms with van der Waals surface area (Å²) in [5.41, 5.74) is 0.632. The molecule has 148 valence electrons. The van der Waals surface area contributed by atoms with Crippen molar-refractivity contribution >= 4 is 46.2 Å². The summed E-state index contributed by atoms with van der Waals surface area (Å²) in [7, 11) is 4.02. The highest BCUT2D eigenvalue weighted by atomic mass is 32.1. The molecule has 0 unspecified atom stereocenters. The average Bonchev–Trinajstić information content (AvgIpc) is 3.15. The Morgan fingerprint density at radius 3 is 2.22 bits per heavy atom. The van der Waals surface area contributed by atoms with Crippen LogP contribution in [0.4, 0.5) is 0 Å². The van der Waals surface area contributed by atoms with Gasteiger partial charge in [0.25, 0.3) is 0 Å². The van der Waals surface area contributed by atoms with E-state index in [1.54, 1.807) is 11.3 Å². The van der Waals surface area contributed by atoms with E-state index in [0.29, 0.717) is 36.9 Å². The zero-order valence-corrected chi connectivity index (χ0v) is 18.3. The van der Waals surface area contributed by atoms with Crippen molar-refractivity contribution in [3.05, 3.63) is 22.4 Å². The molecule has 1 aromatic rings. The quantitative estimate of drug-likeness (QED) is 0.377. The molecule has 1 aliphatic rings. The Kier molecular flexibility index (Phi) is 7.64. The standard InChI is InChI=1S/C19H28N4O2S2/c1-6-13(20-12-14(21(4)5)15-10-9-11-27-15)16-17(24)22(7-2)19(26)23(8-3)18(16)25/h9-11,14,16H,6-8,12H2,1-5H3/t14-/m1/s1. The maximum atomic E-state index is 12.9. The Labute approximate surface area is 170 Å². The summed E-state index contributed by atoms with van der Waals surface area (Å²) in [6.07, 6.45) is 0.550. The van der Waals surface area contributed by atoms with Crippen LogP contribution < -0.4 is 0 Å². The normalized spacial score (nSPS) is 18.0. The second kappa shape index (κ2) is 9.52. The van der Waals surface area contributed by atoms with E-state index >= 15 is 0 Å². The fraction of sp³-hybridized carbons (Fsp3) is 0.579. The summed E-state index contributed by atoms with van der Waals surface area (Å²) in [6, 6.07) is 4.23. The van der Waals surface area contributed by atoms with Crippen LogP contribution in [0.3, 0.4) is 0 Å². The van der Waals surface area contributed by atoms with Gasteiger partial charge in [-0.05, 0) is 58.0 Å². The number of rotatable bonds is 8. The Balaban J connectivity index is 2.33. The zero-order valence-electron chi connectivity index (χ0n) is 16.6. The van der Waals surface area contributed by atoms with E-state index in [1.807, 2.05) is 46.3 Å². The molecule has 2 amide bonds. The number of thiophene rings is 1. The maximum Gasteiger partial charge on any atom is 0.247 e. The third-order valence-corrected chi connectivity index (χ3v) is 6.19. The molecule has 2 heterocycles. The lowest BCUT2D eigenvalue weighted by Crippen LogP contribution is -2.61. The van der Waals surface area contributed by atoms with Crippen molar-refractivity contribution in [2.45, 2.75) is 33.2 Å². The Hall–Kier alpha value is -1.64.